The van der Waals surface area contributed by atoms with Crippen LogP contribution in [0, 0.1) is 11.3 Å². The molecule has 0 aliphatic heterocycles. The first kappa shape index (κ1) is 11.7. The minimum absolute atomic E-state index is 0.462. The van der Waals surface area contributed by atoms with Crippen LogP contribution in [-0.2, 0) is 5.75 Å². The van der Waals surface area contributed by atoms with Crippen molar-refractivity contribution in [3.63, 3.8) is 0 Å². The third-order valence-corrected chi connectivity index (χ3v) is 3.63. The molecule has 19 heavy (non-hydrogen) atoms. The van der Waals surface area contributed by atoms with Crippen LogP contribution in [-0.4, -0.2) is 19.6 Å². The van der Waals surface area contributed by atoms with Crippen LogP contribution in [0.1, 0.15) is 11.3 Å². The summed E-state index contributed by atoms with van der Waals surface area (Å²) < 4.78 is 1.92. The van der Waals surface area contributed by atoms with Crippen molar-refractivity contribution in [2.75, 3.05) is 0 Å². The summed E-state index contributed by atoms with van der Waals surface area (Å²) in [6.45, 7) is 0. The summed E-state index contributed by atoms with van der Waals surface area (Å²) >= 11 is 1.54. The topological polar surface area (TPSA) is 66.9 Å². The Labute approximate surface area is 113 Å². The summed E-state index contributed by atoms with van der Waals surface area (Å²) in [5, 5.41) is 18.0. The van der Waals surface area contributed by atoms with Crippen molar-refractivity contribution in [1.82, 2.24) is 19.6 Å². The zero-order chi connectivity index (χ0) is 13.1. The van der Waals surface area contributed by atoms with Gasteiger partial charge >= 0.3 is 0 Å². The fourth-order valence-corrected chi connectivity index (χ4v) is 2.63. The van der Waals surface area contributed by atoms with Crippen LogP contribution < -0.4 is 0 Å². The predicted molar refractivity (Wildman–Crippen MR) is 71.5 cm³/mol. The molecule has 0 saturated heterocycles. The number of nitriles is 1. The second-order valence-electron chi connectivity index (χ2n) is 3.82. The Morgan fingerprint density at radius 2 is 2.16 bits per heavy atom. The number of aromatic nitrogens is 4. The molecule has 0 atom stereocenters. The number of rotatable bonds is 3. The van der Waals surface area contributed by atoms with Crippen molar-refractivity contribution in [3.05, 3.63) is 54.0 Å². The molecule has 3 heterocycles. The van der Waals surface area contributed by atoms with Gasteiger partial charge in [-0.15, -0.1) is 10.2 Å². The molecule has 0 aromatic carbocycles. The van der Waals surface area contributed by atoms with E-state index in [1.54, 1.807) is 6.20 Å². The molecule has 5 nitrogen and oxygen atoms in total. The van der Waals surface area contributed by atoms with Gasteiger partial charge in [0.25, 0.3) is 0 Å². The monoisotopic (exact) mass is 267 g/mol. The van der Waals surface area contributed by atoms with Crippen LogP contribution in [0.3, 0.4) is 0 Å². The lowest BCUT2D eigenvalue weighted by atomic mass is 10.2. The summed E-state index contributed by atoms with van der Waals surface area (Å²) in [6.07, 6.45) is 3.55. The van der Waals surface area contributed by atoms with Gasteiger partial charge in [-0.1, -0.05) is 23.9 Å². The maximum atomic E-state index is 8.99. The van der Waals surface area contributed by atoms with E-state index in [1.165, 1.54) is 11.8 Å². The van der Waals surface area contributed by atoms with E-state index in [9.17, 15) is 0 Å². The second kappa shape index (κ2) is 5.08. The van der Waals surface area contributed by atoms with Gasteiger partial charge < -0.3 is 0 Å². The molecule has 3 aromatic heterocycles. The Bertz CT molecular complexity index is 759. The van der Waals surface area contributed by atoms with Crippen LogP contribution in [0.15, 0.2) is 47.9 Å². The van der Waals surface area contributed by atoms with Crippen molar-refractivity contribution < 1.29 is 0 Å². The van der Waals surface area contributed by atoms with Gasteiger partial charge in [0, 0.05) is 18.1 Å². The van der Waals surface area contributed by atoms with Crippen LogP contribution >= 0.6 is 11.8 Å². The quantitative estimate of drug-likeness (QED) is 0.681. The standard InChI is InChI=1S/C13H9N5S/c14-8-11-10(4-3-6-15-11)9-19-13-17-16-12-5-1-2-7-18(12)13/h1-7H,9H2. The van der Waals surface area contributed by atoms with Crippen molar-refractivity contribution >= 4 is 17.4 Å². The Morgan fingerprint density at radius 3 is 3.05 bits per heavy atom. The molecule has 0 amide bonds. The summed E-state index contributed by atoms with van der Waals surface area (Å²) in [5.41, 5.74) is 2.18. The predicted octanol–water partition coefficient (Wildman–Crippen LogP) is 2.29. The van der Waals surface area contributed by atoms with Crippen molar-refractivity contribution in [2.45, 2.75) is 10.9 Å². The number of hydrogen-bond donors (Lipinski definition) is 0. The zero-order valence-electron chi connectivity index (χ0n) is 9.89. The zero-order valence-corrected chi connectivity index (χ0v) is 10.7. The molecule has 0 radical (unpaired) electrons. The fraction of sp³-hybridized carbons (Fsp3) is 0.0769. The van der Waals surface area contributed by atoms with Gasteiger partial charge in [0.2, 0.25) is 0 Å². The van der Waals surface area contributed by atoms with E-state index in [1.807, 2.05) is 40.9 Å². The second-order valence-corrected chi connectivity index (χ2v) is 4.77. The van der Waals surface area contributed by atoms with Gasteiger partial charge in [-0.2, -0.15) is 5.26 Å². The number of pyridine rings is 2. The number of thioether (sulfide) groups is 1. The van der Waals surface area contributed by atoms with Crippen molar-refractivity contribution in [3.8, 4) is 6.07 Å². The van der Waals surface area contributed by atoms with E-state index in [0.717, 1.165) is 16.4 Å². The van der Waals surface area contributed by atoms with Crippen LogP contribution in [0.25, 0.3) is 5.65 Å². The van der Waals surface area contributed by atoms with Gasteiger partial charge in [0.05, 0.1) is 0 Å². The molecule has 0 fully saturated rings. The Morgan fingerprint density at radius 1 is 1.21 bits per heavy atom. The number of nitrogens with zero attached hydrogens (tertiary/aromatic N) is 5. The molecule has 92 valence electrons. The SMILES string of the molecule is N#Cc1ncccc1CSc1nnc2ccccn12. The van der Waals surface area contributed by atoms with E-state index in [4.69, 9.17) is 5.26 Å². The average molecular weight is 267 g/mol. The first-order chi connectivity index (χ1) is 9.38. The highest BCUT2D eigenvalue weighted by Gasteiger charge is 2.08. The first-order valence-electron chi connectivity index (χ1n) is 5.65. The molecule has 0 bridgehead atoms. The first-order valence-corrected chi connectivity index (χ1v) is 6.63. The van der Waals surface area contributed by atoms with E-state index >= 15 is 0 Å². The van der Waals surface area contributed by atoms with Crippen LogP contribution in [0.4, 0.5) is 0 Å². The largest absolute Gasteiger partial charge is 0.277 e. The van der Waals surface area contributed by atoms with Gasteiger partial charge in [-0.05, 0) is 23.8 Å². The van der Waals surface area contributed by atoms with E-state index in [-0.39, 0.29) is 0 Å². The van der Waals surface area contributed by atoms with Crippen molar-refractivity contribution in [1.29, 1.82) is 5.26 Å². The third kappa shape index (κ3) is 2.28. The van der Waals surface area contributed by atoms with Gasteiger partial charge in [0.15, 0.2) is 10.8 Å². The Hall–Kier alpha value is -2.39. The average Bonchev–Trinajstić information content (AvgIpc) is 2.89. The van der Waals surface area contributed by atoms with Crippen molar-refractivity contribution in [2.24, 2.45) is 0 Å². The van der Waals surface area contributed by atoms with E-state index in [2.05, 4.69) is 21.3 Å². The normalized spacial score (nSPS) is 10.5. The third-order valence-electron chi connectivity index (χ3n) is 2.64. The maximum absolute atomic E-state index is 8.99. The molecule has 0 aliphatic rings. The van der Waals surface area contributed by atoms with E-state index in [0.29, 0.717) is 11.4 Å². The summed E-state index contributed by atoms with van der Waals surface area (Å²) in [6, 6.07) is 11.6. The lowest BCUT2D eigenvalue weighted by Gasteiger charge is -2.01. The highest BCUT2D eigenvalue weighted by atomic mass is 32.2. The molecular weight excluding hydrogens is 258 g/mol. The Balaban J connectivity index is 1.85. The maximum Gasteiger partial charge on any atom is 0.195 e. The molecule has 3 rings (SSSR count). The summed E-state index contributed by atoms with van der Waals surface area (Å²) in [7, 11) is 0. The fourth-order valence-electron chi connectivity index (χ4n) is 1.72. The molecule has 0 aliphatic carbocycles. The number of fused-ring (bicyclic) bond motifs is 1. The number of hydrogen-bond acceptors (Lipinski definition) is 5. The van der Waals surface area contributed by atoms with Gasteiger partial charge in [-0.25, -0.2) is 4.98 Å². The molecule has 6 heteroatoms. The van der Waals surface area contributed by atoms with Crippen LogP contribution in [0.2, 0.25) is 0 Å². The minimum Gasteiger partial charge on any atom is -0.277 e. The minimum atomic E-state index is 0.462. The molecule has 3 aromatic rings. The highest BCUT2D eigenvalue weighted by Crippen LogP contribution is 2.22. The van der Waals surface area contributed by atoms with Gasteiger partial charge in [-0.3, -0.25) is 4.40 Å². The van der Waals surface area contributed by atoms with Crippen LogP contribution in [0.5, 0.6) is 0 Å². The summed E-state index contributed by atoms with van der Waals surface area (Å²) in [4.78, 5) is 4.04. The van der Waals surface area contributed by atoms with E-state index < -0.39 is 0 Å². The lowest BCUT2D eigenvalue weighted by Crippen LogP contribution is -1.92. The molecule has 0 spiro atoms. The van der Waals surface area contributed by atoms with Gasteiger partial charge in [0.1, 0.15) is 11.8 Å². The smallest absolute Gasteiger partial charge is 0.195 e. The molecular formula is C13H9N5S. The highest BCUT2D eigenvalue weighted by molar-refractivity contribution is 7.98. The lowest BCUT2D eigenvalue weighted by molar-refractivity contribution is 0.920. The molecule has 0 N–H and O–H groups in total. The molecule has 0 unspecified atom stereocenters. The summed E-state index contributed by atoms with van der Waals surface area (Å²) in [5.74, 6) is 0.645. The Kier molecular flexibility index (Phi) is 3.12. The molecule has 0 saturated carbocycles.